The number of nitrogens with zero attached hydrogens (tertiary/aromatic N) is 1. The topological polar surface area (TPSA) is 65.2 Å². The van der Waals surface area contributed by atoms with Gasteiger partial charge in [0.1, 0.15) is 0 Å². The summed E-state index contributed by atoms with van der Waals surface area (Å²) in [4.78, 5) is 28.9. The second kappa shape index (κ2) is 7.22. The highest BCUT2D eigenvalue weighted by Gasteiger charge is 2.12. The van der Waals surface area contributed by atoms with E-state index in [1.54, 1.807) is 18.2 Å². The number of benzene rings is 1. The molecule has 2 N–H and O–H groups in total. The quantitative estimate of drug-likeness (QED) is 0.857. The largest absolute Gasteiger partial charge is 0.351 e. The highest BCUT2D eigenvalue weighted by atomic mass is 16.1. The summed E-state index contributed by atoms with van der Waals surface area (Å²) in [5.74, 6) is -0.162. The molecule has 0 aliphatic heterocycles. The Labute approximate surface area is 130 Å². The Morgan fingerprint density at radius 2 is 2.00 bits per heavy atom. The number of amides is 1. The first-order chi connectivity index (χ1) is 10.5. The van der Waals surface area contributed by atoms with Crippen molar-refractivity contribution in [2.75, 3.05) is 20.1 Å². The fourth-order valence-corrected chi connectivity index (χ4v) is 2.37. The molecule has 2 rings (SSSR count). The number of nitrogens with one attached hydrogen (secondary N) is 2. The van der Waals surface area contributed by atoms with Crippen LogP contribution in [0.25, 0.3) is 10.8 Å². The maximum Gasteiger partial charge on any atom is 0.255 e. The number of likely N-dealkylation sites (N-methyl/N-ethyl adjacent to an activating group) is 1. The van der Waals surface area contributed by atoms with Crippen LogP contribution in [0.1, 0.15) is 30.6 Å². The van der Waals surface area contributed by atoms with Gasteiger partial charge in [-0.15, -0.1) is 0 Å². The first kappa shape index (κ1) is 16.2. The number of aromatic nitrogens is 1. The van der Waals surface area contributed by atoms with E-state index in [2.05, 4.69) is 36.1 Å². The van der Waals surface area contributed by atoms with Crippen LogP contribution < -0.4 is 10.9 Å². The summed E-state index contributed by atoms with van der Waals surface area (Å²) in [6, 6.07) is 7.63. The molecule has 0 saturated heterocycles. The Hall–Kier alpha value is -2.14. The summed E-state index contributed by atoms with van der Waals surface area (Å²) >= 11 is 0. The minimum absolute atomic E-state index is 0.162. The summed E-state index contributed by atoms with van der Waals surface area (Å²) in [5.41, 5.74) is 0.324. The van der Waals surface area contributed by atoms with Crippen molar-refractivity contribution >= 4 is 16.7 Å². The van der Waals surface area contributed by atoms with Crippen molar-refractivity contribution in [1.29, 1.82) is 0 Å². The van der Waals surface area contributed by atoms with Gasteiger partial charge in [-0.2, -0.15) is 0 Å². The molecule has 2 aromatic rings. The van der Waals surface area contributed by atoms with Crippen LogP contribution in [0.4, 0.5) is 0 Å². The van der Waals surface area contributed by atoms with Gasteiger partial charge in [0.05, 0.1) is 5.56 Å². The fraction of sp³-hybridized carbons (Fsp3) is 0.412. The molecule has 0 aliphatic carbocycles. The fourth-order valence-electron chi connectivity index (χ4n) is 2.37. The van der Waals surface area contributed by atoms with Crippen LogP contribution in [0.5, 0.6) is 0 Å². The predicted molar refractivity (Wildman–Crippen MR) is 89.3 cm³/mol. The second-order valence-corrected chi connectivity index (χ2v) is 5.57. The molecule has 1 amide bonds. The molecule has 1 heterocycles. The van der Waals surface area contributed by atoms with Crippen molar-refractivity contribution < 1.29 is 4.79 Å². The van der Waals surface area contributed by atoms with E-state index < -0.39 is 0 Å². The molecule has 0 radical (unpaired) electrons. The summed E-state index contributed by atoms with van der Waals surface area (Å²) in [6.45, 7) is 5.68. The maximum absolute atomic E-state index is 12.3. The lowest BCUT2D eigenvalue weighted by Crippen LogP contribution is -2.37. The van der Waals surface area contributed by atoms with E-state index in [1.165, 1.54) is 6.20 Å². The zero-order valence-electron chi connectivity index (χ0n) is 13.3. The zero-order chi connectivity index (χ0) is 16.1. The van der Waals surface area contributed by atoms with Crippen LogP contribution in [0.3, 0.4) is 0 Å². The molecule has 0 aliphatic rings. The minimum atomic E-state index is -0.177. The molecule has 5 nitrogen and oxygen atoms in total. The molecule has 0 spiro atoms. The van der Waals surface area contributed by atoms with Gasteiger partial charge >= 0.3 is 0 Å². The molecule has 1 atom stereocenters. The standard InChI is InChI=1S/C17H23N3O2/c1-4-12(2)20(3)10-9-18-17(22)15-11-19-16(21)14-8-6-5-7-13(14)15/h5-8,11-12H,4,9-10H2,1-3H3,(H,18,22)(H,19,21)/t12-/m0/s1. The van der Waals surface area contributed by atoms with E-state index >= 15 is 0 Å². The molecular weight excluding hydrogens is 278 g/mol. The van der Waals surface area contributed by atoms with E-state index in [9.17, 15) is 9.59 Å². The van der Waals surface area contributed by atoms with Gasteiger partial charge in [-0.05, 0) is 26.5 Å². The van der Waals surface area contributed by atoms with E-state index in [4.69, 9.17) is 0 Å². The van der Waals surface area contributed by atoms with Crippen molar-refractivity contribution in [3.8, 4) is 0 Å². The van der Waals surface area contributed by atoms with Crippen molar-refractivity contribution in [3.05, 3.63) is 46.4 Å². The molecule has 1 aromatic carbocycles. The maximum atomic E-state index is 12.3. The average molecular weight is 301 g/mol. The number of carbonyl (C=O) groups is 1. The van der Waals surface area contributed by atoms with Gasteiger partial charge in [0.2, 0.25) is 0 Å². The molecule has 0 unspecified atom stereocenters. The van der Waals surface area contributed by atoms with Gasteiger partial charge in [0, 0.05) is 36.1 Å². The van der Waals surface area contributed by atoms with E-state index in [0.29, 0.717) is 28.9 Å². The third-order valence-corrected chi connectivity index (χ3v) is 4.15. The number of pyridine rings is 1. The highest BCUT2D eigenvalue weighted by molar-refractivity contribution is 6.06. The van der Waals surface area contributed by atoms with Crippen LogP contribution in [-0.2, 0) is 0 Å². The number of H-pyrrole nitrogens is 1. The normalized spacial score (nSPS) is 12.5. The zero-order valence-corrected chi connectivity index (χ0v) is 13.3. The molecule has 22 heavy (non-hydrogen) atoms. The van der Waals surface area contributed by atoms with Gasteiger partial charge in [-0.3, -0.25) is 9.59 Å². The Morgan fingerprint density at radius 3 is 2.68 bits per heavy atom. The van der Waals surface area contributed by atoms with Crippen LogP contribution in [0, 0.1) is 0 Å². The lowest BCUT2D eigenvalue weighted by molar-refractivity contribution is 0.0948. The van der Waals surface area contributed by atoms with Crippen LogP contribution in [0.15, 0.2) is 35.3 Å². The Bertz CT molecular complexity index is 708. The third kappa shape index (κ3) is 3.54. The summed E-state index contributed by atoms with van der Waals surface area (Å²) in [5, 5.41) is 4.13. The summed E-state index contributed by atoms with van der Waals surface area (Å²) in [7, 11) is 2.05. The number of hydrogen-bond acceptors (Lipinski definition) is 3. The molecule has 118 valence electrons. The summed E-state index contributed by atoms with van der Waals surface area (Å²) in [6.07, 6.45) is 2.56. The summed E-state index contributed by atoms with van der Waals surface area (Å²) < 4.78 is 0. The Balaban J connectivity index is 2.08. The van der Waals surface area contributed by atoms with Gasteiger partial charge in [0.25, 0.3) is 11.5 Å². The van der Waals surface area contributed by atoms with Crippen molar-refractivity contribution in [2.45, 2.75) is 26.3 Å². The average Bonchev–Trinajstić information content (AvgIpc) is 2.54. The van der Waals surface area contributed by atoms with Crippen LogP contribution in [0.2, 0.25) is 0 Å². The highest BCUT2D eigenvalue weighted by Crippen LogP contribution is 2.13. The lowest BCUT2D eigenvalue weighted by Gasteiger charge is -2.23. The number of fused-ring (bicyclic) bond motifs is 1. The van der Waals surface area contributed by atoms with Crippen LogP contribution >= 0.6 is 0 Å². The van der Waals surface area contributed by atoms with Gasteiger partial charge in [-0.1, -0.05) is 25.1 Å². The number of carbonyl (C=O) groups excluding carboxylic acids is 1. The lowest BCUT2D eigenvalue weighted by atomic mass is 10.1. The van der Waals surface area contributed by atoms with Crippen LogP contribution in [-0.4, -0.2) is 42.0 Å². The number of rotatable bonds is 6. The van der Waals surface area contributed by atoms with E-state index in [1.807, 2.05) is 6.07 Å². The number of hydrogen-bond donors (Lipinski definition) is 2. The molecule has 0 bridgehead atoms. The molecule has 5 heteroatoms. The monoisotopic (exact) mass is 301 g/mol. The van der Waals surface area contributed by atoms with Crippen molar-refractivity contribution in [1.82, 2.24) is 15.2 Å². The SMILES string of the molecule is CC[C@H](C)N(C)CCNC(=O)c1c[nH]c(=O)c2ccccc12. The van der Waals surface area contributed by atoms with E-state index in [0.717, 1.165) is 13.0 Å². The van der Waals surface area contributed by atoms with Crippen molar-refractivity contribution in [3.63, 3.8) is 0 Å². The van der Waals surface area contributed by atoms with Gasteiger partial charge < -0.3 is 15.2 Å². The minimum Gasteiger partial charge on any atom is -0.351 e. The first-order valence-electron chi connectivity index (χ1n) is 7.63. The number of aromatic amines is 1. The van der Waals surface area contributed by atoms with Gasteiger partial charge in [-0.25, -0.2) is 0 Å². The first-order valence-corrected chi connectivity index (χ1v) is 7.63. The van der Waals surface area contributed by atoms with Crippen molar-refractivity contribution in [2.24, 2.45) is 0 Å². The molecule has 1 aromatic heterocycles. The second-order valence-electron chi connectivity index (χ2n) is 5.57. The molecule has 0 fully saturated rings. The van der Waals surface area contributed by atoms with Gasteiger partial charge in [0.15, 0.2) is 0 Å². The predicted octanol–water partition coefficient (Wildman–Crippen LogP) is 1.99. The third-order valence-electron chi connectivity index (χ3n) is 4.15. The smallest absolute Gasteiger partial charge is 0.255 e. The Morgan fingerprint density at radius 1 is 1.32 bits per heavy atom. The molecular formula is C17H23N3O2. The van der Waals surface area contributed by atoms with E-state index in [-0.39, 0.29) is 11.5 Å². The molecule has 0 saturated carbocycles. The Kier molecular flexibility index (Phi) is 5.33.